The van der Waals surface area contributed by atoms with Crippen molar-refractivity contribution >= 4 is 11.9 Å². The molecule has 1 saturated heterocycles. The number of rotatable bonds is 4. The van der Waals surface area contributed by atoms with Crippen LogP contribution in [0.2, 0.25) is 0 Å². The summed E-state index contributed by atoms with van der Waals surface area (Å²) in [6.07, 6.45) is 1.39. The maximum Gasteiger partial charge on any atom is 0.303 e. The number of carbonyl (C=O) groups excluding carboxylic acids is 1. The third kappa shape index (κ3) is 3.70. The van der Waals surface area contributed by atoms with Gasteiger partial charge in [-0.1, -0.05) is 0 Å². The smallest absolute Gasteiger partial charge is 0.303 e. The summed E-state index contributed by atoms with van der Waals surface area (Å²) in [5.74, 6) is -0.771. The van der Waals surface area contributed by atoms with Crippen molar-refractivity contribution in [3.05, 3.63) is 0 Å². The Morgan fingerprint density at radius 1 is 1.47 bits per heavy atom. The number of carboxylic acid groups (broad SMARTS) is 1. The number of carbonyl (C=O) groups is 2. The number of amides is 1. The van der Waals surface area contributed by atoms with Crippen LogP contribution in [0.5, 0.6) is 0 Å². The fraction of sp³-hybridized carbons (Fsp3) is 0.833. The van der Waals surface area contributed by atoms with E-state index in [1.165, 1.54) is 0 Å². The molecule has 5 nitrogen and oxygen atoms in total. The lowest BCUT2D eigenvalue weighted by Gasteiger charge is -2.30. The average molecular weight is 242 g/mol. The van der Waals surface area contributed by atoms with Gasteiger partial charge in [-0.25, -0.2) is 0 Å². The molecular weight excluding hydrogens is 220 g/mol. The van der Waals surface area contributed by atoms with Crippen LogP contribution < -0.4 is 0 Å². The minimum atomic E-state index is -0.841. The number of aliphatic carboxylic acids is 1. The quantitative estimate of drug-likeness (QED) is 0.792. The molecular formula is C12H22N2O3. The molecule has 1 N–H and O–H groups in total. The first-order valence-corrected chi connectivity index (χ1v) is 6.16. The van der Waals surface area contributed by atoms with E-state index in [1.54, 1.807) is 0 Å². The normalized spacial score (nSPS) is 22.9. The molecule has 0 spiro atoms. The van der Waals surface area contributed by atoms with Crippen molar-refractivity contribution in [1.82, 2.24) is 9.80 Å². The van der Waals surface area contributed by atoms with Crippen molar-refractivity contribution in [3.8, 4) is 0 Å². The van der Waals surface area contributed by atoms with Gasteiger partial charge in [-0.05, 0) is 33.7 Å². The predicted molar refractivity (Wildman–Crippen MR) is 64.8 cm³/mol. The molecule has 98 valence electrons. The Labute approximate surface area is 102 Å². The van der Waals surface area contributed by atoms with E-state index in [1.807, 2.05) is 30.7 Å². The van der Waals surface area contributed by atoms with E-state index in [0.717, 1.165) is 19.5 Å². The highest BCUT2D eigenvalue weighted by molar-refractivity contribution is 5.83. The summed E-state index contributed by atoms with van der Waals surface area (Å²) in [6.45, 7) is 5.61. The zero-order valence-electron chi connectivity index (χ0n) is 10.8. The Hall–Kier alpha value is -1.10. The van der Waals surface area contributed by atoms with Crippen molar-refractivity contribution in [2.45, 2.75) is 45.2 Å². The summed E-state index contributed by atoms with van der Waals surface area (Å²) in [7, 11) is 1.90. The van der Waals surface area contributed by atoms with E-state index >= 15 is 0 Å². The summed E-state index contributed by atoms with van der Waals surface area (Å²) >= 11 is 0. The molecule has 0 radical (unpaired) electrons. The number of carboxylic acids is 1. The van der Waals surface area contributed by atoms with E-state index in [-0.39, 0.29) is 24.4 Å². The van der Waals surface area contributed by atoms with Gasteiger partial charge in [0.1, 0.15) is 0 Å². The van der Waals surface area contributed by atoms with Gasteiger partial charge in [0, 0.05) is 25.6 Å². The van der Waals surface area contributed by atoms with Crippen LogP contribution >= 0.6 is 0 Å². The van der Waals surface area contributed by atoms with Gasteiger partial charge in [0.2, 0.25) is 5.91 Å². The predicted octanol–water partition coefficient (Wildman–Crippen LogP) is 0.792. The van der Waals surface area contributed by atoms with Crippen molar-refractivity contribution in [3.63, 3.8) is 0 Å². The number of hydrogen-bond acceptors (Lipinski definition) is 3. The van der Waals surface area contributed by atoms with Crippen LogP contribution in [0.25, 0.3) is 0 Å². The summed E-state index contributed by atoms with van der Waals surface area (Å²) in [5.41, 5.74) is 0. The van der Waals surface area contributed by atoms with E-state index in [9.17, 15) is 9.59 Å². The van der Waals surface area contributed by atoms with Gasteiger partial charge in [0.15, 0.2) is 0 Å². The number of likely N-dealkylation sites (N-methyl/N-ethyl adjacent to an activating group) is 1. The molecule has 1 amide bonds. The van der Waals surface area contributed by atoms with E-state index < -0.39 is 5.97 Å². The van der Waals surface area contributed by atoms with Gasteiger partial charge >= 0.3 is 5.97 Å². The molecule has 1 atom stereocenters. The van der Waals surface area contributed by atoms with Crippen LogP contribution in [-0.2, 0) is 9.59 Å². The summed E-state index contributed by atoms with van der Waals surface area (Å²) in [4.78, 5) is 26.8. The molecule has 1 fully saturated rings. The van der Waals surface area contributed by atoms with Crippen molar-refractivity contribution in [2.75, 3.05) is 20.1 Å². The van der Waals surface area contributed by atoms with Crippen LogP contribution in [-0.4, -0.2) is 59.0 Å². The molecule has 0 aromatic rings. The first-order chi connectivity index (χ1) is 7.93. The Balaban J connectivity index is 2.74. The van der Waals surface area contributed by atoms with E-state index in [0.29, 0.717) is 6.42 Å². The molecule has 1 rings (SSSR count). The Bertz CT molecular complexity index is 291. The maximum atomic E-state index is 12.3. The summed E-state index contributed by atoms with van der Waals surface area (Å²) in [5, 5.41) is 8.72. The second kappa shape index (κ2) is 6.00. The maximum absolute atomic E-state index is 12.3. The standard InChI is InChI=1S/C12H22N2O3/c1-9(2)14-8-4-7-13(3)10(12(14)17)5-6-11(15)16/h9-10H,4-8H2,1-3H3,(H,15,16). The van der Waals surface area contributed by atoms with Gasteiger partial charge in [0.05, 0.1) is 6.04 Å². The fourth-order valence-electron chi connectivity index (χ4n) is 2.25. The second-order valence-electron chi connectivity index (χ2n) is 4.91. The number of nitrogens with zero attached hydrogens (tertiary/aromatic N) is 2. The van der Waals surface area contributed by atoms with Crippen molar-refractivity contribution in [2.24, 2.45) is 0 Å². The molecule has 0 aromatic carbocycles. The molecule has 1 unspecified atom stereocenters. The number of hydrogen-bond donors (Lipinski definition) is 1. The zero-order valence-corrected chi connectivity index (χ0v) is 10.8. The lowest BCUT2D eigenvalue weighted by atomic mass is 10.1. The molecule has 5 heteroatoms. The monoisotopic (exact) mass is 242 g/mol. The van der Waals surface area contributed by atoms with E-state index in [2.05, 4.69) is 0 Å². The van der Waals surface area contributed by atoms with Gasteiger partial charge < -0.3 is 10.0 Å². The SMILES string of the molecule is CC(C)N1CCCN(C)C(CCC(=O)O)C1=O. The second-order valence-corrected chi connectivity index (χ2v) is 4.91. The first-order valence-electron chi connectivity index (χ1n) is 6.16. The van der Waals surface area contributed by atoms with Gasteiger partial charge in [-0.15, -0.1) is 0 Å². The average Bonchev–Trinajstić information content (AvgIpc) is 2.35. The third-order valence-electron chi connectivity index (χ3n) is 3.27. The minimum Gasteiger partial charge on any atom is -0.481 e. The third-order valence-corrected chi connectivity index (χ3v) is 3.27. The molecule has 0 saturated carbocycles. The molecule has 0 aromatic heterocycles. The molecule has 17 heavy (non-hydrogen) atoms. The molecule has 1 heterocycles. The van der Waals surface area contributed by atoms with Crippen LogP contribution in [0.3, 0.4) is 0 Å². The lowest BCUT2D eigenvalue weighted by molar-refractivity contribution is -0.139. The van der Waals surface area contributed by atoms with Crippen LogP contribution in [0.1, 0.15) is 33.1 Å². The highest BCUT2D eigenvalue weighted by atomic mass is 16.4. The summed E-state index contributed by atoms with van der Waals surface area (Å²) in [6, 6.07) is -0.0997. The van der Waals surface area contributed by atoms with Gasteiger partial charge in [-0.3, -0.25) is 14.5 Å². The van der Waals surface area contributed by atoms with Crippen molar-refractivity contribution < 1.29 is 14.7 Å². The molecule has 1 aliphatic rings. The first kappa shape index (κ1) is 14.0. The highest BCUT2D eigenvalue weighted by Crippen LogP contribution is 2.16. The Morgan fingerprint density at radius 2 is 2.12 bits per heavy atom. The Morgan fingerprint density at radius 3 is 2.65 bits per heavy atom. The molecule has 0 aliphatic carbocycles. The Kier molecular flexibility index (Phi) is 4.93. The van der Waals surface area contributed by atoms with Crippen LogP contribution in [0.4, 0.5) is 0 Å². The fourth-order valence-corrected chi connectivity index (χ4v) is 2.25. The van der Waals surface area contributed by atoms with Gasteiger partial charge in [-0.2, -0.15) is 0 Å². The molecule has 1 aliphatic heterocycles. The minimum absolute atomic E-state index is 0.0483. The van der Waals surface area contributed by atoms with Crippen molar-refractivity contribution in [1.29, 1.82) is 0 Å². The molecule has 0 bridgehead atoms. The summed E-state index contributed by atoms with van der Waals surface area (Å²) < 4.78 is 0. The van der Waals surface area contributed by atoms with E-state index in [4.69, 9.17) is 5.11 Å². The van der Waals surface area contributed by atoms with Crippen LogP contribution in [0.15, 0.2) is 0 Å². The van der Waals surface area contributed by atoms with Gasteiger partial charge in [0.25, 0.3) is 0 Å². The zero-order chi connectivity index (χ0) is 13.0. The topological polar surface area (TPSA) is 60.9 Å². The highest BCUT2D eigenvalue weighted by Gasteiger charge is 2.31. The lowest BCUT2D eigenvalue weighted by Crippen LogP contribution is -2.47. The van der Waals surface area contributed by atoms with Crippen LogP contribution in [0, 0.1) is 0 Å². The largest absolute Gasteiger partial charge is 0.481 e.